The largest absolute Gasteiger partial charge is 0.664 e. The molecule has 5 aromatic rings. The minimum Gasteiger partial charge on any atom is -0.664 e. The molecule has 9 heteroatoms. The smallest absolute Gasteiger partial charge is 0.161 e. The molecule has 0 radical (unpaired) electrons. The van der Waals surface area contributed by atoms with Crippen LogP contribution in [0.25, 0.3) is 11.4 Å². The summed E-state index contributed by atoms with van der Waals surface area (Å²) in [5, 5.41) is 36.5. The number of hydrogen-bond donors (Lipinski definition) is 4. The molecule has 3 aliphatic rings. The van der Waals surface area contributed by atoms with Crippen LogP contribution in [0.2, 0.25) is 0 Å². The number of benzene rings is 3. The number of aryl methyl sites for hydroxylation is 3. The topological polar surface area (TPSA) is 148 Å². The molecule has 0 saturated heterocycles. The number of ether oxygens (including phenoxy) is 1. The van der Waals surface area contributed by atoms with Crippen LogP contribution >= 0.6 is 0 Å². The van der Waals surface area contributed by atoms with Gasteiger partial charge in [0.05, 0.1) is 12.5 Å². The number of aliphatic hydroxyl groups is 1. The van der Waals surface area contributed by atoms with Gasteiger partial charge >= 0.3 is 0 Å². The van der Waals surface area contributed by atoms with E-state index in [4.69, 9.17) is 15.0 Å². The average Bonchev–Trinajstić information content (AvgIpc) is 4.02. The van der Waals surface area contributed by atoms with Gasteiger partial charge < -0.3 is 35.3 Å². The van der Waals surface area contributed by atoms with Gasteiger partial charge in [0.15, 0.2) is 11.5 Å². The number of hydrogen-bond acceptors (Lipinski definition) is 6. The second-order valence-electron chi connectivity index (χ2n) is 16.8. The van der Waals surface area contributed by atoms with Crippen molar-refractivity contribution in [2.45, 2.75) is 108 Å². The number of nitrogens with one attached hydrogen (secondary N) is 1. The number of phenolic OH excluding ortho intramolecular Hbond substituents is 2. The number of phenols is 2. The Balaban J connectivity index is 1.13. The maximum Gasteiger partial charge on any atom is 0.161 e. The van der Waals surface area contributed by atoms with Gasteiger partial charge in [-0.15, -0.1) is 5.69 Å². The summed E-state index contributed by atoms with van der Waals surface area (Å²) < 4.78 is 6.42. The predicted octanol–water partition coefficient (Wildman–Crippen LogP) is 9.50. The molecule has 0 spiro atoms. The SMILES string of the molecule is O=C1CCc2cc(c(O)c(OC3CCCC3)c2)Cc2ccc(CCCO)c(c2)Cc2cc[nH]c2[N-]CC2=Cc3[n-]ccc3[C@@H](CCCCc3cccc(O)c3)[C@@H]2C(=O)C1. The third-order valence-electron chi connectivity index (χ3n) is 12.5. The lowest BCUT2D eigenvalue weighted by molar-refractivity contribution is -0.129. The van der Waals surface area contributed by atoms with Crippen LogP contribution in [0.4, 0.5) is 5.82 Å². The second kappa shape index (κ2) is 18.6. The van der Waals surface area contributed by atoms with E-state index in [1.54, 1.807) is 18.3 Å². The molecule has 1 saturated carbocycles. The lowest BCUT2D eigenvalue weighted by Gasteiger charge is -2.36. The van der Waals surface area contributed by atoms with E-state index in [-0.39, 0.29) is 61.1 Å². The maximum atomic E-state index is 14.6. The summed E-state index contributed by atoms with van der Waals surface area (Å²) in [6.07, 6.45) is 16.1. The van der Waals surface area contributed by atoms with Gasteiger partial charge in [-0.2, -0.15) is 6.20 Å². The fourth-order valence-corrected chi connectivity index (χ4v) is 9.50. The number of Topliss-reactive ketones (excluding diaryl/α,β-unsaturated/α-hetero) is 2. The van der Waals surface area contributed by atoms with Crippen molar-refractivity contribution in [3.8, 4) is 17.2 Å². The van der Waals surface area contributed by atoms with Gasteiger partial charge in [-0.3, -0.25) is 9.59 Å². The summed E-state index contributed by atoms with van der Waals surface area (Å²) in [7, 11) is 0. The Hall–Kier alpha value is -5.54. The van der Waals surface area contributed by atoms with E-state index < -0.39 is 5.92 Å². The van der Waals surface area contributed by atoms with E-state index in [0.29, 0.717) is 31.4 Å². The van der Waals surface area contributed by atoms with Crippen LogP contribution < -0.4 is 9.72 Å². The monoisotopic (exact) mass is 793 g/mol. The van der Waals surface area contributed by atoms with Crippen molar-refractivity contribution >= 4 is 23.5 Å². The third kappa shape index (κ3) is 9.68. The Kier molecular flexibility index (Phi) is 12.7. The normalized spacial score (nSPS) is 18.8. The number of fused-ring (bicyclic) bond motifs is 7. The number of aromatic hydroxyl groups is 2. The first-order valence-corrected chi connectivity index (χ1v) is 21.5. The van der Waals surface area contributed by atoms with Crippen molar-refractivity contribution in [2.24, 2.45) is 5.92 Å². The van der Waals surface area contributed by atoms with Gasteiger partial charge in [0, 0.05) is 30.9 Å². The molecule has 0 unspecified atom stereocenters. The Bertz CT molecular complexity index is 2290. The van der Waals surface area contributed by atoms with Crippen molar-refractivity contribution in [2.75, 3.05) is 13.2 Å². The number of rotatable bonds is 10. The van der Waals surface area contributed by atoms with Crippen molar-refractivity contribution in [3.05, 3.63) is 140 Å². The summed E-state index contributed by atoms with van der Waals surface area (Å²) in [5.74, 6) is 0.733. The third-order valence-corrected chi connectivity index (χ3v) is 12.5. The molecule has 3 aromatic carbocycles. The fourth-order valence-electron chi connectivity index (χ4n) is 9.50. The summed E-state index contributed by atoms with van der Waals surface area (Å²) in [6.45, 7) is 0.392. The molecule has 59 heavy (non-hydrogen) atoms. The highest BCUT2D eigenvalue weighted by molar-refractivity contribution is 6.02. The van der Waals surface area contributed by atoms with Gasteiger partial charge in [-0.05, 0) is 135 Å². The van der Waals surface area contributed by atoms with Crippen molar-refractivity contribution < 1.29 is 29.6 Å². The highest BCUT2D eigenvalue weighted by Gasteiger charge is 2.35. The van der Waals surface area contributed by atoms with E-state index in [2.05, 4.69) is 29.2 Å². The van der Waals surface area contributed by atoms with Crippen LogP contribution in [0.15, 0.2) is 84.7 Å². The van der Waals surface area contributed by atoms with E-state index in [0.717, 1.165) is 119 Å². The van der Waals surface area contributed by atoms with E-state index in [1.807, 2.05) is 42.6 Å². The fraction of sp³-hybridized carbons (Fsp3) is 0.400. The summed E-state index contributed by atoms with van der Waals surface area (Å²) in [4.78, 5) is 36.5. The molecule has 2 aromatic heterocycles. The number of carbonyl (C=O) groups excluding carboxylic acids is 2. The van der Waals surface area contributed by atoms with Crippen LogP contribution in [0.5, 0.6) is 17.2 Å². The van der Waals surface area contributed by atoms with Crippen LogP contribution in [-0.2, 0) is 41.7 Å². The molecule has 4 N–H and O–H groups in total. The second-order valence-corrected chi connectivity index (χ2v) is 16.8. The first-order chi connectivity index (χ1) is 28.8. The van der Waals surface area contributed by atoms with Crippen molar-refractivity contribution in [1.29, 1.82) is 0 Å². The highest BCUT2D eigenvalue weighted by Crippen LogP contribution is 2.44. The zero-order valence-corrected chi connectivity index (χ0v) is 33.8. The molecule has 9 nitrogen and oxygen atoms in total. The van der Waals surface area contributed by atoms with Gasteiger partial charge in [-0.25, -0.2) is 0 Å². The number of aromatic nitrogens is 2. The summed E-state index contributed by atoms with van der Waals surface area (Å²) in [5.41, 5.74) is 9.84. The van der Waals surface area contributed by atoms with Gasteiger partial charge in [-0.1, -0.05) is 84.2 Å². The molecule has 4 bridgehead atoms. The van der Waals surface area contributed by atoms with E-state index in [9.17, 15) is 24.9 Å². The quantitative estimate of drug-likeness (QED) is 0.0813. The predicted molar refractivity (Wildman–Crippen MR) is 230 cm³/mol. The Morgan fingerprint density at radius 1 is 0.814 bits per heavy atom. The Morgan fingerprint density at radius 2 is 1.68 bits per heavy atom. The van der Waals surface area contributed by atoms with Crippen LogP contribution in [0.1, 0.15) is 120 Å². The number of aliphatic hydroxyl groups excluding tert-OH is 1. The molecule has 1 fully saturated rings. The molecule has 308 valence electrons. The van der Waals surface area contributed by atoms with Gasteiger partial charge in [0.25, 0.3) is 0 Å². The first kappa shape index (κ1) is 40.2. The maximum absolute atomic E-state index is 14.6. The summed E-state index contributed by atoms with van der Waals surface area (Å²) >= 11 is 0. The van der Waals surface area contributed by atoms with Gasteiger partial charge in [0.2, 0.25) is 0 Å². The lowest BCUT2D eigenvalue weighted by Crippen LogP contribution is -2.30. The molecule has 1 aliphatic heterocycles. The minimum absolute atomic E-state index is 0.0478. The van der Waals surface area contributed by atoms with Gasteiger partial charge in [0.1, 0.15) is 17.3 Å². The number of carbonyl (C=O) groups is 2. The molecule has 3 heterocycles. The molecule has 2 atom stereocenters. The number of aromatic amines is 1. The van der Waals surface area contributed by atoms with E-state index in [1.165, 1.54) is 0 Å². The lowest BCUT2D eigenvalue weighted by atomic mass is 9.71. The molecular formula is C50H55N3O6-2. The van der Waals surface area contributed by atoms with E-state index >= 15 is 0 Å². The standard InChI is InChI=1S/C50H55N3O6/c54-22-6-9-35-16-14-33-23-37(35)28-36-18-20-52-50(36)53-31-39-29-45-43(19-21-51-45)44(13-4-1-7-32-8-5-10-40(55)26-32)48(39)46(57)30-41(56)17-15-34-25-38(24-33)49(58)47(27-34)59-42-11-2-3-12-42/h5,8,10,14,16,18-21,23,25-27,29,42,44,48,52,54-55,58H,1-4,6-7,9,11-13,15,17,22,24,28,30-31H2/q-2/t44-,48-/m1/s1. The Labute approximate surface area is 346 Å². The van der Waals surface area contributed by atoms with Crippen LogP contribution in [-0.4, -0.2) is 51.1 Å². The molecule has 0 amide bonds. The Morgan fingerprint density at radius 3 is 2.53 bits per heavy atom. The summed E-state index contributed by atoms with van der Waals surface area (Å²) in [6, 6.07) is 21.7. The molecule has 8 rings (SSSR count). The molecule has 2 aliphatic carbocycles. The molecular weight excluding hydrogens is 739 g/mol. The first-order valence-electron chi connectivity index (χ1n) is 21.5. The zero-order chi connectivity index (χ0) is 40.7. The number of H-pyrrole nitrogens is 1. The highest BCUT2D eigenvalue weighted by atomic mass is 16.5. The van der Waals surface area contributed by atoms with Crippen molar-refractivity contribution in [3.63, 3.8) is 0 Å². The van der Waals surface area contributed by atoms with Crippen molar-refractivity contribution in [1.82, 2.24) is 9.97 Å². The number of ketones is 2. The zero-order valence-electron chi connectivity index (χ0n) is 33.8. The van der Waals surface area contributed by atoms with Crippen LogP contribution in [0.3, 0.4) is 0 Å². The average molecular weight is 794 g/mol. The number of unbranched alkanes of at least 4 members (excludes halogenated alkanes) is 1. The van der Waals surface area contributed by atoms with Crippen LogP contribution in [0, 0.1) is 5.92 Å². The minimum atomic E-state index is -0.519. The number of nitrogens with zero attached hydrogens (tertiary/aromatic N) is 2.